The summed E-state index contributed by atoms with van der Waals surface area (Å²) in [6, 6.07) is 3.68. The van der Waals surface area contributed by atoms with Gasteiger partial charge in [-0.05, 0) is 58.6 Å². The van der Waals surface area contributed by atoms with Gasteiger partial charge in [0.25, 0.3) is 5.91 Å². The highest BCUT2D eigenvalue weighted by atomic mass is 16.6. The predicted molar refractivity (Wildman–Crippen MR) is 92.9 cm³/mol. The van der Waals surface area contributed by atoms with Crippen LogP contribution in [0.4, 0.5) is 4.79 Å². The largest absolute Gasteiger partial charge is 0.444 e. The number of carbonyl (C=O) groups is 2. The van der Waals surface area contributed by atoms with E-state index in [9.17, 15) is 9.59 Å². The molecule has 1 aliphatic heterocycles. The molecule has 2 amide bonds. The van der Waals surface area contributed by atoms with Crippen molar-refractivity contribution in [1.29, 1.82) is 0 Å². The second-order valence-corrected chi connectivity index (χ2v) is 7.59. The van der Waals surface area contributed by atoms with E-state index in [-0.39, 0.29) is 17.9 Å². The van der Waals surface area contributed by atoms with E-state index in [1.807, 2.05) is 62.5 Å². The van der Waals surface area contributed by atoms with Gasteiger partial charge in [0.05, 0.1) is 0 Å². The number of aromatic nitrogens is 1. The Morgan fingerprint density at radius 1 is 1.38 bits per heavy atom. The van der Waals surface area contributed by atoms with Crippen LogP contribution in [0.25, 0.3) is 0 Å². The molecule has 1 aromatic heterocycles. The average molecular weight is 335 g/mol. The van der Waals surface area contributed by atoms with Crippen LogP contribution in [0.3, 0.4) is 0 Å². The Kier molecular flexibility index (Phi) is 5.57. The molecule has 1 N–H and O–H groups in total. The lowest BCUT2D eigenvalue weighted by Gasteiger charge is -2.36. The summed E-state index contributed by atoms with van der Waals surface area (Å²) in [4.78, 5) is 26.5. The third kappa shape index (κ3) is 4.76. The molecule has 1 fully saturated rings. The highest BCUT2D eigenvalue weighted by Crippen LogP contribution is 2.22. The minimum atomic E-state index is -0.509. The quantitative estimate of drug-likeness (QED) is 0.924. The van der Waals surface area contributed by atoms with Gasteiger partial charge in [0.15, 0.2) is 0 Å². The van der Waals surface area contributed by atoms with Crippen LogP contribution in [0.2, 0.25) is 0 Å². The Labute approximate surface area is 144 Å². The number of aryl methyl sites for hydroxylation is 1. The highest BCUT2D eigenvalue weighted by molar-refractivity contribution is 5.92. The Bertz CT molecular complexity index is 589. The number of piperidine rings is 1. The Balaban J connectivity index is 1.94. The van der Waals surface area contributed by atoms with E-state index < -0.39 is 11.7 Å². The summed E-state index contributed by atoms with van der Waals surface area (Å²) in [6.45, 7) is 8.93. The van der Waals surface area contributed by atoms with Gasteiger partial charge in [-0.25, -0.2) is 4.79 Å². The van der Waals surface area contributed by atoms with Crippen molar-refractivity contribution in [2.24, 2.45) is 13.0 Å². The maximum absolute atomic E-state index is 12.7. The molecule has 2 atom stereocenters. The van der Waals surface area contributed by atoms with Crippen molar-refractivity contribution >= 4 is 12.0 Å². The lowest BCUT2D eigenvalue weighted by atomic mass is 9.91. The van der Waals surface area contributed by atoms with E-state index in [0.29, 0.717) is 12.2 Å². The number of ether oxygens (including phenoxy) is 1. The Morgan fingerprint density at radius 2 is 2.08 bits per heavy atom. The summed E-state index contributed by atoms with van der Waals surface area (Å²) in [6.07, 6.45) is 3.41. The zero-order valence-corrected chi connectivity index (χ0v) is 15.3. The number of rotatable bonds is 3. The summed E-state index contributed by atoms with van der Waals surface area (Å²) in [7, 11) is 1.88. The fourth-order valence-electron chi connectivity index (χ4n) is 3.06. The van der Waals surface area contributed by atoms with Crippen LogP contribution < -0.4 is 5.32 Å². The van der Waals surface area contributed by atoms with Crippen molar-refractivity contribution in [3.63, 3.8) is 0 Å². The molecule has 2 heterocycles. The Hall–Kier alpha value is -1.98. The topological polar surface area (TPSA) is 63.6 Å². The van der Waals surface area contributed by atoms with Gasteiger partial charge >= 0.3 is 6.09 Å². The molecule has 134 valence electrons. The minimum Gasteiger partial charge on any atom is -0.444 e. The van der Waals surface area contributed by atoms with Crippen LogP contribution in [0.1, 0.15) is 51.0 Å². The molecule has 0 aliphatic carbocycles. The lowest BCUT2D eigenvalue weighted by molar-refractivity contribution is 0.0459. The van der Waals surface area contributed by atoms with Crippen LogP contribution in [0, 0.1) is 5.92 Å². The number of nitrogens with zero attached hydrogens (tertiary/aromatic N) is 2. The standard InChI is InChI=1S/C18H29N3O3/c1-13(19-17(23)24-18(2,3)4)14-8-6-11-21(12-14)16(22)15-9-7-10-20(15)5/h7,9-10,13-14H,6,8,11-12H2,1-5H3,(H,19,23)/t13-,14+/m0/s1. The van der Waals surface area contributed by atoms with Crippen molar-refractivity contribution in [3.05, 3.63) is 24.0 Å². The van der Waals surface area contributed by atoms with E-state index in [4.69, 9.17) is 4.74 Å². The summed E-state index contributed by atoms with van der Waals surface area (Å²) in [5.74, 6) is 0.284. The maximum Gasteiger partial charge on any atom is 0.407 e. The number of likely N-dealkylation sites (tertiary alicyclic amines) is 1. The summed E-state index contributed by atoms with van der Waals surface area (Å²) in [5.41, 5.74) is 0.189. The van der Waals surface area contributed by atoms with Crippen LogP contribution in [0.15, 0.2) is 18.3 Å². The molecule has 0 saturated carbocycles. The van der Waals surface area contributed by atoms with Crippen molar-refractivity contribution in [2.75, 3.05) is 13.1 Å². The van der Waals surface area contributed by atoms with Crippen molar-refractivity contribution in [3.8, 4) is 0 Å². The predicted octanol–water partition coefficient (Wildman–Crippen LogP) is 2.79. The summed E-state index contributed by atoms with van der Waals surface area (Å²) >= 11 is 0. The van der Waals surface area contributed by atoms with Crippen molar-refractivity contribution in [1.82, 2.24) is 14.8 Å². The first-order chi connectivity index (χ1) is 11.2. The van der Waals surface area contributed by atoms with Gasteiger partial charge in [0.2, 0.25) is 0 Å². The molecule has 0 radical (unpaired) electrons. The van der Waals surface area contributed by atoms with Crippen LogP contribution in [0.5, 0.6) is 0 Å². The first-order valence-electron chi connectivity index (χ1n) is 8.57. The second kappa shape index (κ2) is 7.28. The zero-order chi connectivity index (χ0) is 17.9. The number of carbonyl (C=O) groups excluding carboxylic acids is 2. The molecule has 1 aromatic rings. The van der Waals surface area contributed by atoms with E-state index in [0.717, 1.165) is 19.4 Å². The van der Waals surface area contributed by atoms with E-state index in [1.54, 1.807) is 0 Å². The molecule has 24 heavy (non-hydrogen) atoms. The third-order valence-electron chi connectivity index (χ3n) is 4.36. The fraction of sp³-hybridized carbons (Fsp3) is 0.667. The molecule has 0 aromatic carbocycles. The van der Waals surface area contributed by atoms with Crippen LogP contribution in [-0.2, 0) is 11.8 Å². The number of hydrogen-bond donors (Lipinski definition) is 1. The smallest absolute Gasteiger partial charge is 0.407 e. The van der Waals surface area contributed by atoms with Crippen molar-refractivity contribution in [2.45, 2.75) is 52.2 Å². The van der Waals surface area contributed by atoms with Crippen molar-refractivity contribution < 1.29 is 14.3 Å². The van der Waals surface area contributed by atoms with Gasteiger partial charge in [-0.2, -0.15) is 0 Å². The molecule has 0 spiro atoms. The summed E-state index contributed by atoms with van der Waals surface area (Å²) in [5, 5.41) is 2.91. The molecule has 1 aliphatic rings. The third-order valence-corrected chi connectivity index (χ3v) is 4.36. The number of alkyl carbamates (subject to hydrolysis) is 1. The zero-order valence-electron chi connectivity index (χ0n) is 15.3. The molecule has 2 rings (SSSR count). The monoisotopic (exact) mass is 335 g/mol. The number of amides is 2. The molecule has 0 bridgehead atoms. The number of nitrogens with one attached hydrogen (secondary N) is 1. The lowest BCUT2D eigenvalue weighted by Crippen LogP contribution is -2.49. The number of hydrogen-bond acceptors (Lipinski definition) is 3. The molecule has 0 unspecified atom stereocenters. The molecule has 1 saturated heterocycles. The maximum atomic E-state index is 12.7. The van der Waals surface area contributed by atoms with Gasteiger partial charge in [0.1, 0.15) is 11.3 Å². The normalized spacial score (nSPS) is 19.7. The Morgan fingerprint density at radius 3 is 2.67 bits per heavy atom. The SMILES string of the molecule is C[C@H](NC(=O)OC(C)(C)C)[C@@H]1CCCN(C(=O)c2cccn2C)C1. The van der Waals surface area contributed by atoms with Crippen LogP contribution >= 0.6 is 0 Å². The van der Waals surface area contributed by atoms with Crippen LogP contribution in [-0.4, -0.2) is 46.2 Å². The van der Waals surface area contributed by atoms with Gasteiger partial charge in [-0.3, -0.25) is 4.79 Å². The average Bonchev–Trinajstić information content (AvgIpc) is 2.90. The molecular weight excluding hydrogens is 306 g/mol. The van der Waals surface area contributed by atoms with E-state index in [2.05, 4.69) is 5.32 Å². The fourth-order valence-corrected chi connectivity index (χ4v) is 3.06. The molecular formula is C18H29N3O3. The van der Waals surface area contributed by atoms with Gasteiger partial charge < -0.3 is 19.5 Å². The first kappa shape index (κ1) is 18.4. The van der Waals surface area contributed by atoms with Gasteiger partial charge in [-0.15, -0.1) is 0 Å². The van der Waals surface area contributed by atoms with Gasteiger partial charge in [-0.1, -0.05) is 0 Å². The highest BCUT2D eigenvalue weighted by Gasteiger charge is 2.30. The minimum absolute atomic E-state index is 0.0381. The second-order valence-electron chi connectivity index (χ2n) is 7.59. The van der Waals surface area contributed by atoms with E-state index in [1.165, 1.54) is 0 Å². The molecule has 6 heteroatoms. The van der Waals surface area contributed by atoms with E-state index >= 15 is 0 Å². The summed E-state index contributed by atoms with van der Waals surface area (Å²) < 4.78 is 7.16. The first-order valence-corrected chi connectivity index (χ1v) is 8.57. The van der Waals surface area contributed by atoms with Gasteiger partial charge in [0, 0.05) is 32.4 Å². The molecule has 6 nitrogen and oxygen atoms in total.